The van der Waals surface area contributed by atoms with Crippen LogP contribution in [0.2, 0.25) is 0 Å². The van der Waals surface area contributed by atoms with Gasteiger partial charge in [-0.3, -0.25) is 9.69 Å². The molecule has 1 aromatic rings. The average Bonchev–Trinajstić information content (AvgIpc) is 3.12. The number of hydrogen-bond acceptors (Lipinski definition) is 2. The van der Waals surface area contributed by atoms with E-state index in [-0.39, 0.29) is 5.78 Å². The van der Waals surface area contributed by atoms with Crippen molar-refractivity contribution in [1.82, 2.24) is 4.90 Å². The molecule has 0 bridgehead atoms. The summed E-state index contributed by atoms with van der Waals surface area (Å²) in [6.07, 6.45) is 3.62. The molecule has 0 unspecified atom stereocenters. The molecule has 0 spiro atoms. The summed E-state index contributed by atoms with van der Waals surface area (Å²) in [5.74, 6) is 0.228. The van der Waals surface area contributed by atoms with Crippen molar-refractivity contribution >= 4 is 21.7 Å². The summed E-state index contributed by atoms with van der Waals surface area (Å²) < 4.78 is 0.969. The van der Waals surface area contributed by atoms with Crippen molar-refractivity contribution in [2.24, 2.45) is 0 Å². The maximum absolute atomic E-state index is 12.2. The summed E-state index contributed by atoms with van der Waals surface area (Å²) in [7, 11) is 0. The zero-order valence-electron chi connectivity index (χ0n) is 10.2. The Hall–Kier alpha value is -0.670. The molecule has 1 saturated carbocycles. The van der Waals surface area contributed by atoms with Gasteiger partial charge in [-0.15, -0.1) is 0 Å². The van der Waals surface area contributed by atoms with E-state index in [0.29, 0.717) is 12.6 Å². The van der Waals surface area contributed by atoms with Crippen LogP contribution in [0.1, 0.15) is 36.5 Å². The van der Waals surface area contributed by atoms with E-state index < -0.39 is 0 Å². The number of nitrogens with zero attached hydrogens (tertiary/aromatic N) is 1. The van der Waals surface area contributed by atoms with Gasteiger partial charge in [-0.25, -0.2) is 0 Å². The Morgan fingerprint density at radius 3 is 2.82 bits per heavy atom. The molecule has 1 aromatic carbocycles. The topological polar surface area (TPSA) is 20.3 Å². The highest BCUT2D eigenvalue weighted by Crippen LogP contribution is 2.27. The third-order valence-corrected chi connectivity index (χ3v) is 3.56. The summed E-state index contributed by atoms with van der Waals surface area (Å²) in [6.45, 7) is 3.76. The fraction of sp³-hybridized carbons (Fsp3) is 0.500. The van der Waals surface area contributed by atoms with Crippen LogP contribution in [0.3, 0.4) is 0 Å². The van der Waals surface area contributed by atoms with Gasteiger partial charge in [0, 0.05) is 16.1 Å². The van der Waals surface area contributed by atoms with Crippen molar-refractivity contribution in [3.8, 4) is 0 Å². The molecule has 1 aliphatic rings. The molecule has 0 aliphatic heterocycles. The number of ketones is 1. The highest BCUT2D eigenvalue weighted by atomic mass is 79.9. The van der Waals surface area contributed by atoms with Crippen LogP contribution >= 0.6 is 15.9 Å². The molecule has 2 rings (SSSR count). The molecule has 92 valence electrons. The number of hydrogen-bond donors (Lipinski definition) is 0. The van der Waals surface area contributed by atoms with Crippen LogP contribution in [-0.2, 0) is 0 Å². The first-order valence-corrected chi connectivity index (χ1v) is 7.03. The van der Waals surface area contributed by atoms with E-state index in [4.69, 9.17) is 0 Å². The molecule has 0 heterocycles. The standard InChI is InChI=1S/C14H18BrNO/c1-2-8-16(13-6-7-13)10-14(17)11-4-3-5-12(15)9-11/h3-5,9,13H,2,6-8,10H2,1H3. The minimum absolute atomic E-state index is 0.228. The Morgan fingerprint density at radius 2 is 2.24 bits per heavy atom. The fourth-order valence-corrected chi connectivity index (χ4v) is 2.45. The van der Waals surface area contributed by atoms with Crippen molar-refractivity contribution in [3.63, 3.8) is 0 Å². The van der Waals surface area contributed by atoms with E-state index in [1.807, 2.05) is 24.3 Å². The minimum atomic E-state index is 0.228. The van der Waals surface area contributed by atoms with Gasteiger partial charge in [-0.1, -0.05) is 35.0 Å². The molecular formula is C14H18BrNO. The SMILES string of the molecule is CCCN(CC(=O)c1cccc(Br)c1)C1CC1. The van der Waals surface area contributed by atoms with Crippen molar-refractivity contribution in [1.29, 1.82) is 0 Å². The average molecular weight is 296 g/mol. The summed E-state index contributed by atoms with van der Waals surface area (Å²) in [4.78, 5) is 14.5. The first-order valence-electron chi connectivity index (χ1n) is 6.23. The Labute approximate surface area is 111 Å². The maximum atomic E-state index is 12.2. The Balaban J connectivity index is 1.99. The van der Waals surface area contributed by atoms with E-state index in [1.165, 1.54) is 12.8 Å². The summed E-state index contributed by atoms with van der Waals surface area (Å²) >= 11 is 3.40. The molecule has 1 fully saturated rings. The van der Waals surface area contributed by atoms with Crippen LogP contribution in [0.25, 0.3) is 0 Å². The second-order valence-corrected chi connectivity index (χ2v) is 5.55. The summed E-state index contributed by atoms with van der Waals surface area (Å²) in [6, 6.07) is 8.31. The van der Waals surface area contributed by atoms with Gasteiger partial charge in [0.2, 0.25) is 0 Å². The molecule has 2 nitrogen and oxygen atoms in total. The monoisotopic (exact) mass is 295 g/mol. The zero-order valence-corrected chi connectivity index (χ0v) is 11.7. The van der Waals surface area contributed by atoms with Crippen molar-refractivity contribution < 1.29 is 4.79 Å². The molecule has 0 aromatic heterocycles. The highest BCUT2D eigenvalue weighted by molar-refractivity contribution is 9.10. The van der Waals surface area contributed by atoms with Gasteiger partial charge in [0.1, 0.15) is 0 Å². The lowest BCUT2D eigenvalue weighted by molar-refractivity contribution is 0.0924. The second kappa shape index (κ2) is 5.78. The predicted molar refractivity (Wildman–Crippen MR) is 73.4 cm³/mol. The third kappa shape index (κ3) is 3.65. The van der Waals surface area contributed by atoms with E-state index >= 15 is 0 Å². The van der Waals surface area contributed by atoms with Gasteiger partial charge in [-0.05, 0) is 37.9 Å². The van der Waals surface area contributed by atoms with E-state index in [2.05, 4.69) is 27.8 Å². The first kappa shape index (κ1) is 12.8. The second-order valence-electron chi connectivity index (χ2n) is 4.64. The summed E-state index contributed by atoms with van der Waals surface area (Å²) in [5, 5.41) is 0. The van der Waals surface area contributed by atoms with E-state index in [0.717, 1.165) is 23.0 Å². The molecule has 0 radical (unpaired) electrons. The lowest BCUT2D eigenvalue weighted by Crippen LogP contribution is -2.32. The van der Waals surface area contributed by atoms with Gasteiger partial charge >= 0.3 is 0 Å². The van der Waals surface area contributed by atoms with Gasteiger partial charge in [0.05, 0.1) is 6.54 Å². The summed E-state index contributed by atoms with van der Waals surface area (Å²) in [5.41, 5.74) is 0.807. The Morgan fingerprint density at radius 1 is 1.47 bits per heavy atom. The Kier molecular flexibility index (Phi) is 4.35. The normalized spacial score (nSPS) is 15.2. The molecule has 0 saturated heterocycles. The smallest absolute Gasteiger partial charge is 0.176 e. The number of carbonyl (C=O) groups excluding carboxylic acids is 1. The molecule has 0 atom stereocenters. The number of rotatable bonds is 6. The lowest BCUT2D eigenvalue weighted by atomic mass is 10.1. The maximum Gasteiger partial charge on any atom is 0.176 e. The minimum Gasteiger partial charge on any atom is -0.293 e. The number of halogens is 1. The van der Waals surface area contributed by atoms with Crippen LogP contribution < -0.4 is 0 Å². The number of benzene rings is 1. The third-order valence-electron chi connectivity index (χ3n) is 3.07. The first-order chi connectivity index (χ1) is 8.20. The highest BCUT2D eigenvalue weighted by Gasteiger charge is 2.29. The van der Waals surface area contributed by atoms with Crippen molar-refractivity contribution in [3.05, 3.63) is 34.3 Å². The quantitative estimate of drug-likeness (QED) is 0.749. The number of Topliss-reactive ketones (excluding diaryl/α,β-unsaturated/α-hetero) is 1. The van der Waals surface area contributed by atoms with E-state index in [9.17, 15) is 4.79 Å². The van der Waals surface area contributed by atoms with Crippen LogP contribution in [-0.4, -0.2) is 29.8 Å². The zero-order chi connectivity index (χ0) is 12.3. The van der Waals surface area contributed by atoms with Gasteiger partial charge in [-0.2, -0.15) is 0 Å². The van der Waals surface area contributed by atoms with Gasteiger partial charge in [0.15, 0.2) is 5.78 Å². The molecule has 1 aliphatic carbocycles. The Bertz CT molecular complexity index is 401. The largest absolute Gasteiger partial charge is 0.293 e. The molecule has 0 N–H and O–H groups in total. The van der Waals surface area contributed by atoms with Crippen LogP contribution in [0.5, 0.6) is 0 Å². The van der Waals surface area contributed by atoms with Crippen LogP contribution in [0, 0.1) is 0 Å². The predicted octanol–water partition coefficient (Wildman–Crippen LogP) is 3.51. The fourth-order valence-electron chi connectivity index (χ4n) is 2.06. The van der Waals surface area contributed by atoms with Gasteiger partial charge in [0.25, 0.3) is 0 Å². The van der Waals surface area contributed by atoms with Crippen molar-refractivity contribution in [2.45, 2.75) is 32.2 Å². The van der Waals surface area contributed by atoms with E-state index in [1.54, 1.807) is 0 Å². The number of carbonyl (C=O) groups is 1. The lowest BCUT2D eigenvalue weighted by Gasteiger charge is -2.20. The molecule has 0 amide bonds. The van der Waals surface area contributed by atoms with Crippen molar-refractivity contribution in [2.75, 3.05) is 13.1 Å². The molecule has 17 heavy (non-hydrogen) atoms. The molecule has 3 heteroatoms. The van der Waals surface area contributed by atoms with Crippen LogP contribution in [0.15, 0.2) is 28.7 Å². The van der Waals surface area contributed by atoms with Gasteiger partial charge < -0.3 is 0 Å². The van der Waals surface area contributed by atoms with Crippen LogP contribution in [0.4, 0.5) is 0 Å². The molecular weight excluding hydrogens is 278 g/mol.